The molecule has 7 heteroatoms. The van der Waals surface area contributed by atoms with E-state index in [1.54, 1.807) is 0 Å². The van der Waals surface area contributed by atoms with Gasteiger partial charge in [-0.15, -0.1) is 12.3 Å². The molecule has 1 aliphatic carbocycles. The minimum absolute atomic E-state index is 0.0556. The smallest absolute Gasteiger partial charge is 0.246 e. The highest BCUT2D eigenvalue weighted by Gasteiger charge is 2.46. The first-order valence-corrected chi connectivity index (χ1v) is 12.4. The van der Waals surface area contributed by atoms with Gasteiger partial charge in [-0.05, 0) is 62.3 Å². The second-order valence-electron chi connectivity index (χ2n) is 11.1. The number of hydrogen-bond acceptors (Lipinski definition) is 6. The Balaban J connectivity index is 1.82. The van der Waals surface area contributed by atoms with E-state index in [-0.39, 0.29) is 35.9 Å². The molecule has 0 saturated heterocycles. The molecule has 1 aromatic rings. The molecule has 2 aliphatic rings. The normalized spacial score (nSPS) is 20.3. The van der Waals surface area contributed by atoms with Crippen LogP contribution in [0.3, 0.4) is 0 Å². The average molecular weight is 472 g/mol. The van der Waals surface area contributed by atoms with Crippen LogP contribution in [0.5, 0.6) is 5.75 Å². The summed E-state index contributed by atoms with van der Waals surface area (Å²) < 4.78 is 11.5. The number of anilines is 1. The second-order valence-corrected chi connectivity index (χ2v) is 11.1. The third-order valence-electron chi connectivity index (χ3n) is 6.88. The highest BCUT2D eigenvalue weighted by molar-refractivity contribution is 5.77. The molecule has 34 heavy (non-hydrogen) atoms. The molecule has 1 unspecified atom stereocenters. The lowest BCUT2D eigenvalue weighted by Gasteiger charge is -2.48. The van der Waals surface area contributed by atoms with Gasteiger partial charge < -0.3 is 25.2 Å². The summed E-state index contributed by atoms with van der Waals surface area (Å²) in [6.07, 6.45) is 11.4. The first-order valence-electron chi connectivity index (χ1n) is 12.4. The molecule has 1 aromatic heterocycles. The summed E-state index contributed by atoms with van der Waals surface area (Å²) in [6.45, 7) is 6.58. The number of nitrogens with one attached hydrogen (secondary N) is 2. The summed E-state index contributed by atoms with van der Waals surface area (Å²) in [6, 6.07) is 1.70. The number of amides is 1. The van der Waals surface area contributed by atoms with Gasteiger partial charge in [-0.2, -0.15) is 0 Å². The van der Waals surface area contributed by atoms with Crippen LogP contribution in [0.1, 0.15) is 82.9 Å². The molecule has 1 saturated carbocycles. The highest BCUT2D eigenvalue weighted by atomic mass is 16.5. The zero-order valence-electron chi connectivity index (χ0n) is 21.4. The lowest BCUT2D eigenvalue weighted by molar-refractivity contribution is -0.126. The SMILES string of the molecule is C#CC[C@H](NC(=O)COC)[C@H](O)CCC1CC2(CCC2)Oc2c1cc(CC(C)(C)C)nc2NC. The van der Waals surface area contributed by atoms with Crippen LogP contribution in [-0.2, 0) is 16.0 Å². The van der Waals surface area contributed by atoms with Crippen LogP contribution in [0, 0.1) is 17.8 Å². The average Bonchev–Trinajstić information content (AvgIpc) is 2.74. The van der Waals surface area contributed by atoms with Gasteiger partial charge in [-0.1, -0.05) is 20.8 Å². The van der Waals surface area contributed by atoms with Gasteiger partial charge >= 0.3 is 0 Å². The van der Waals surface area contributed by atoms with Crippen LogP contribution in [0.2, 0.25) is 0 Å². The number of rotatable bonds is 10. The monoisotopic (exact) mass is 471 g/mol. The number of aromatic nitrogens is 1. The molecule has 0 bridgehead atoms. The molecule has 0 radical (unpaired) electrons. The quantitative estimate of drug-likeness (QED) is 0.450. The van der Waals surface area contributed by atoms with Crippen LogP contribution in [-0.4, -0.2) is 54.5 Å². The third-order valence-corrected chi connectivity index (χ3v) is 6.88. The summed E-state index contributed by atoms with van der Waals surface area (Å²) in [5.41, 5.74) is 2.20. The Hall–Kier alpha value is -2.30. The van der Waals surface area contributed by atoms with Crippen LogP contribution in [0.15, 0.2) is 6.07 Å². The van der Waals surface area contributed by atoms with E-state index in [4.69, 9.17) is 20.9 Å². The van der Waals surface area contributed by atoms with E-state index in [1.165, 1.54) is 19.1 Å². The van der Waals surface area contributed by atoms with Crippen LogP contribution < -0.4 is 15.4 Å². The Bertz CT molecular complexity index is 898. The maximum Gasteiger partial charge on any atom is 0.246 e. The third kappa shape index (κ3) is 6.43. The number of terminal acetylenes is 1. The number of hydrogen-bond donors (Lipinski definition) is 3. The van der Waals surface area contributed by atoms with Crippen molar-refractivity contribution in [3.63, 3.8) is 0 Å². The molecular formula is C27H41N3O4. The van der Waals surface area contributed by atoms with Crippen molar-refractivity contribution in [2.24, 2.45) is 5.41 Å². The number of fused-ring (bicyclic) bond motifs is 1. The van der Waals surface area contributed by atoms with Gasteiger partial charge in [0.25, 0.3) is 0 Å². The van der Waals surface area contributed by atoms with E-state index in [2.05, 4.69) is 43.4 Å². The summed E-state index contributed by atoms with van der Waals surface area (Å²) >= 11 is 0. The first kappa shape index (κ1) is 26.3. The van der Waals surface area contributed by atoms with E-state index in [1.807, 2.05) is 7.05 Å². The summed E-state index contributed by atoms with van der Waals surface area (Å²) in [5, 5.41) is 17.0. The van der Waals surface area contributed by atoms with Crippen molar-refractivity contribution in [2.45, 2.75) is 95.8 Å². The second kappa shape index (κ2) is 11.0. The van der Waals surface area contributed by atoms with Crippen LogP contribution >= 0.6 is 0 Å². The van der Waals surface area contributed by atoms with Crippen molar-refractivity contribution in [3.8, 4) is 18.1 Å². The lowest BCUT2D eigenvalue weighted by Crippen LogP contribution is -2.47. The number of aliphatic hydroxyl groups is 1. The number of carbonyl (C=O) groups excluding carboxylic acids is 1. The fourth-order valence-corrected chi connectivity index (χ4v) is 5.14. The fourth-order valence-electron chi connectivity index (χ4n) is 5.14. The van der Waals surface area contributed by atoms with Crippen molar-refractivity contribution in [2.75, 3.05) is 26.1 Å². The zero-order chi connectivity index (χ0) is 24.9. The number of pyridine rings is 1. The Morgan fingerprint density at radius 1 is 1.44 bits per heavy atom. The molecule has 1 spiro atoms. The Morgan fingerprint density at radius 2 is 2.18 bits per heavy atom. The van der Waals surface area contributed by atoms with E-state index >= 15 is 0 Å². The Kier molecular flexibility index (Phi) is 8.48. The first-order chi connectivity index (χ1) is 16.1. The maximum atomic E-state index is 12.0. The Morgan fingerprint density at radius 3 is 2.74 bits per heavy atom. The van der Waals surface area contributed by atoms with E-state index in [0.29, 0.717) is 6.42 Å². The molecule has 1 amide bonds. The number of methoxy groups -OCH3 is 1. The maximum absolute atomic E-state index is 12.0. The van der Waals surface area contributed by atoms with Crippen molar-refractivity contribution < 1.29 is 19.4 Å². The van der Waals surface area contributed by atoms with Crippen molar-refractivity contribution >= 4 is 11.7 Å². The highest BCUT2D eigenvalue weighted by Crippen LogP contribution is 2.53. The number of carbonyl (C=O) groups is 1. The van der Waals surface area contributed by atoms with Crippen LogP contribution in [0.4, 0.5) is 5.82 Å². The minimum Gasteiger partial charge on any atom is -0.483 e. The summed E-state index contributed by atoms with van der Waals surface area (Å²) in [4.78, 5) is 16.9. The standard InChI is InChI=1S/C27H41N3O4/c1-7-9-21(30-23(32)17-33-6)22(31)11-10-18-15-27(12-8-13-27)34-24-20(18)14-19(16-26(2,3)4)29-25(24)28-5/h1,14,18,21-22,31H,8-13,15-17H2,2-6H3,(H,28,29)(H,30,32)/t18?,21-,22+/m0/s1. The van der Waals surface area contributed by atoms with Gasteiger partial charge in [0.2, 0.25) is 5.91 Å². The number of aliphatic hydroxyl groups excluding tert-OH is 1. The summed E-state index contributed by atoms with van der Waals surface area (Å²) in [7, 11) is 3.36. The molecule has 188 valence electrons. The predicted molar refractivity (Wildman–Crippen MR) is 134 cm³/mol. The van der Waals surface area contributed by atoms with Gasteiger partial charge in [-0.25, -0.2) is 4.98 Å². The summed E-state index contributed by atoms with van der Waals surface area (Å²) in [5.74, 6) is 4.20. The molecule has 1 aliphatic heterocycles. The lowest BCUT2D eigenvalue weighted by atomic mass is 9.69. The van der Waals surface area contributed by atoms with Crippen molar-refractivity contribution in [3.05, 3.63) is 17.3 Å². The number of nitrogens with zero attached hydrogens (tertiary/aromatic N) is 1. The van der Waals surface area contributed by atoms with Gasteiger partial charge in [0.05, 0.1) is 12.1 Å². The molecular weight excluding hydrogens is 430 g/mol. The topological polar surface area (TPSA) is 92.7 Å². The molecule has 3 rings (SSSR count). The van der Waals surface area contributed by atoms with E-state index in [0.717, 1.165) is 49.4 Å². The van der Waals surface area contributed by atoms with E-state index < -0.39 is 12.1 Å². The van der Waals surface area contributed by atoms with Gasteiger partial charge in [0.15, 0.2) is 11.6 Å². The molecule has 3 atom stereocenters. The molecule has 2 heterocycles. The zero-order valence-corrected chi connectivity index (χ0v) is 21.4. The molecule has 7 nitrogen and oxygen atoms in total. The van der Waals surface area contributed by atoms with Gasteiger partial charge in [0, 0.05) is 31.8 Å². The van der Waals surface area contributed by atoms with Crippen molar-refractivity contribution in [1.29, 1.82) is 0 Å². The van der Waals surface area contributed by atoms with Gasteiger partial charge in [0.1, 0.15) is 12.2 Å². The molecule has 0 aromatic carbocycles. The Labute approximate surface area is 204 Å². The molecule has 1 fully saturated rings. The molecule has 3 N–H and O–H groups in total. The van der Waals surface area contributed by atoms with Crippen LogP contribution in [0.25, 0.3) is 0 Å². The predicted octanol–water partition coefficient (Wildman–Crippen LogP) is 3.80. The number of ether oxygens (including phenoxy) is 2. The van der Waals surface area contributed by atoms with Crippen molar-refractivity contribution in [1.82, 2.24) is 10.3 Å². The van der Waals surface area contributed by atoms with Gasteiger partial charge in [-0.3, -0.25) is 4.79 Å². The largest absolute Gasteiger partial charge is 0.483 e. The fraction of sp³-hybridized carbons (Fsp3) is 0.704. The van der Waals surface area contributed by atoms with E-state index in [9.17, 15) is 9.90 Å². The minimum atomic E-state index is -0.736.